The summed E-state index contributed by atoms with van der Waals surface area (Å²) >= 11 is 0. The van der Waals surface area contributed by atoms with Crippen molar-refractivity contribution in [2.45, 2.75) is 32.1 Å². The Morgan fingerprint density at radius 2 is 1.93 bits per heavy atom. The van der Waals surface area contributed by atoms with Gasteiger partial charge in [0.15, 0.2) is 0 Å². The molecule has 1 fully saturated rings. The van der Waals surface area contributed by atoms with Gasteiger partial charge in [0.1, 0.15) is 35.1 Å². The number of fused-ring (bicyclic) bond motifs is 1. The molecule has 0 unspecified atom stereocenters. The second kappa shape index (κ2) is 12.1. The smallest absolute Gasteiger partial charge is 0.387 e. The number of hydrogen-bond donors (Lipinski definition) is 3. The van der Waals surface area contributed by atoms with E-state index in [0.717, 1.165) is 18.4 Å². The van der Waals surface area contributed by atoms with Gasteiger partial charge >= 0.3 is 6.61 Å². The summed E-state index contributed by atoms with van der Waals surface area (Å²) in [6.07, 6.45) is 7.87. The van der Waals surface area contributed by atoms with Crippen LogP contribution in [-0.2, 0) is 6.61 Å². The lowest BCUT2D eigenvalue weighted by molar-refractivity contribution is -0.0502. The molecule has 3 N–H and O–H groups in total. The number of carbonyl (C=O) groups excluding carboxylic acids is 1. The van der Waals surface area contributed by atoms with Crippen LogP contribution in [0.25, 0.3) is 22.5 Å². The molecule has 0 atom stereocenters. The average molecular weight is 562 g/mol. The molecule has 41 heavy (non-hydrogen) atoms. The van der Waals surface area contributed by atoms with Crippen molar-refractivity contribution in [3.63, 3.8) is 0 Å². The number of amides is 1. The molecule has 1 amide bonds. The van der Waals surface area contributed by atoms with Crippen molar-refractivity contribution in [3.8, 4) is 28.5 Å². The number of pyridine rings is 1. The van der Waals surface area contributed by atoms with Crippen molar-refractivity contribution in [1.82, 2.24) is 20.0 Å². The third-order valence-corrected chi connectivity index (χ3v) is 6.55. The Labute approximate surface area is 235 Å². The first-order chi connectivity index (χ1) is 19.9. The second-order valence-electron chi connectivity index (χ2n) is 9.41. The number of nitrogens with one attached hydrogen (secondary N) is 3. The van der Waals surface area contributed by atoms with Crippen LogP contribution >= 0.6 is 0 Å². The Morgan fingerprint density at radius 1 is 1.17 bits per heavy atom. The molecule has 1 saturated carbocycles. The number of carbonyl (C=O) groups is 1. The topological polar surface area (TPSA) is 110 Å². The standard InChI is InChI=1S/C30H29F2N5O4/c1-34-14-20(13-33)22-12-27-35-15-23(37(27)16-26(22)40-17-18-6-4-3-5-7-18)19-10-24(39-2)28(25(11-19)41-30(31)32)29(38)36-21-8-9-21/h3-7,10-16,21,30,33-34H,8-9,17H2,1-2H3,(H,36,38)/b20-14+,33-13?. The lowest BCUT2D eigenvalue weighted by atomic mass is 10.1. The van der Waals surface area contributed by atoms with Gasteiger partial charge in [-0.2, -0.15) is 8.78 Å². The molecule has 212 valence electrons. The van der Waals surface area contributed by atoms with Gasteiger partial charge in [-0.15, -0.1) is 0 Å². The number of benzene rings is 2. The summed E-state index contributed by atoms with van der Waals surface area (Å²) in [7, 11) is 3.10. The van der Waals surface area contributed by atoms with Crippen LogP contribution in [0.2, 0.25) is 0 Å². The summed E-state index contributed by atoms with van der Waals surface area (Å²) in [5, 5.41) is 13.7. The normalized spacial score (nSPS) is 13.2. The molecule has 2 aromatic carbocycles. The number of imidazole rings is 1. The van der Waals surface area contributed by atoms with Crippen molar-refractivity contribution in [2.75, 3.05) is 14.2 Å². The minimum Gasteiger partial charge on any atom is -0.496 e. The van der Waals surface area contributed by atoms with Gasteiger partial charge in [-0.05, 0) is 36.6 Å². The van der Waals surface area contributed by atoms with E-state index < -0.39 is 12.5 Å². The quantitative estimate of drug-likeness (QED) is 0.203. The fourth-order valence-corrected chi connectivity index (χ4v) is 4.44. The van der Waals surface area contributed by atoms with Crippen molar-refractivity contribution >= 4 is 23.3 Å². The lowest BCUT2D eigenvalue weighted by Gasteiger charge is -2.17. The molecule has 2 heterocycles. The predicted octanol–water partition coefficient (Wildman–Crippen LogP) is 5.29. The van der Waals surface area contributed by atoms with E-state index in [1.807, 2.05) is 30.3 Å². The maximum atomic E-state index is 13.4. The number of rotatable bonds is 12. The largest absolute Gasteiger partial charge is 0.496 e. The third kappa shape index (κ3) is 6.13. The van der Waals surface area contributed by atoms with Gasteiger partial charge in [-0.3, -0.25) is 9.20 Å². The summed E-state index contributed by atoms with van der Waals surface area (Å²) < 4.78 is 45.1. The minimum absolute atomic E-state index is 0.0105. The Hall–Kier alpha value is -4.93. The zero-order valence-electron chi connectivity index (χ0n) is 22.5. The monoisotopic (exact) mass is 561 g/mol. The van der Waals surface area contributed by atoms with Crippen LogP contribution in [-0.4, -0.2) is 48.3 Å². The lowest BCUT2D eigenvalue weighted by Crippen LogP contribution is -2.26. The highest BCUT2D eigenvalue weighted by atomic mass is 19.3. The van der Waals surface area contributed by atoms with Crippen LogP contribution in [0.3, 0.4) is 0 Å². The van der Waals surface area contributed by atoms with E-state index >= 15 is 0 Å². The van der Waals surface area contributed by atoms with Crippen LogP contribution in [0.4, 0.5) is 8.78 Å². The second-order valence-corrected chi connectivity index (χ2v) is 9.41. The van der Waals surface area contributed by atoms with E-state index in [1.54, 1.807) is 42.2 Å². The molecule has 1 aliphatic rings. The maximum Gasteiger partial charge on any atom is 0.387 e. The van der Waals surface area contributed by atoms with Gasteiger partial charge < -0.3 is 30.3 Å². The van der Waals surface area contributed by atoms with Crippen molar-refractivity contribution < 1.29 is 27.8 Å². The van der Waals surface area contributed by atoms with E-state index in [4.69, 9.17) is 19.6 Å². The van der Waals surface area contributed by atoms with Gasteiger partial charge in [0.05, 0.1) is 25.2 Å². The molecule has 0 aliphatic heterocycles. The summed E-state index contributed by atoms with van der Waals surface area (Å²) in [5.74, 6) is -0.280. The van der Waals surface area contributed by atoms with Crippen LogP contribution < -0.4 is 24.8 Å². The Balaban J connectivity index is 1.62. The number of hydrogen-bond acceptors (Lipinski definition) is 7. The van der Waals surface area contributed by atoms with Gasteiger partial charge in [0.2, 0.25) is 0 Å². The number of ether oxygens (including phenoxy) is 3. The molecule has 5 rings (SSSR count). The number of aromatic nitrogens is 2. The fraction of sp³-hybridized carbons (Fsp3) is 0.233. The summed E-state index contributed by atoms with van der Waals surface area (Å²) in [6.45, 7) is -2.87. The minimum atomic E-state index is -3.15. The molecular weight excluding hydrogens is 532 g/mol. The van der Waals surface area contributed by atoms with Crippen LogP contribution in [0, 0.1) is 5.41 Å². The highest BCUT2D eigenvalue weighted by Crippen LogP contribution is 2.38. The van der Waals surface area contributed by atoms with E-state index in [2.05, 4.69) is 15.6 Å². The molecule has 9 nitrogen and oxygen atoms in total. The van der Waals surface area contributed by atoms with Crippen LogP contribution in [0.1, 0.15) is 34.3 Å². The Morgan fingerprint density at radius 3 is 2.59 bits per heavy atom. The van der Waals surface area contributed by atoms with Gasteiger partial charge in [-0.1, -0.05) is 30.3 Å². The van der Waals surface area contributed by atoms with Gasteiger partial charge in [-0.25, -0.2) is 4.98 Å². The van der Waals surface area contributed by atoms with E-state index in [1.165, 1.54) is 19.4 Å². The molecule has 1 aliphatic carbocycles. The number of allylic oxidation sites excluding steroid dienone is 1. The number of methoxy groups -OCH3 is 1. The van der Waals surface area contributed by atoms with E-state index in [0.29, 0.717) is 33.8 Å². The van der Waals surface area contributed by atoms with E-state index in [9.17, 15) is 13.6 Å². The van der Waals surface area contributed by atoms with Crippen molar-refractivity contribution in [3.05, 3.63) is 83.8 Å². The SMILES string of the molecule is CN/C=C(\C=N)c1cc2ncc(-c3cc(OC)c(C(=O)NC4CC4)c(OC(F)F)c3)n2cc1OCc1ccccc1. The zero-order chi connectivity index (χ0) is 28.9. The highest BCUT2D eigenvalue weighted by molar-refractivity contribution is 6.09. The first-order valence-electron chi connectivity index (χ1n) is 13.0. The highest BCUT2D eigenvalue weighted by Gasteiger charge is 2.29. The molecule has 0 saturated heterocycles. The maximum absolute atomic E-state index is 13.4. The van der Waals surface area contributed by atoms with Crippen molar-refractivity contribution in [2.24, 2.45) is 0 Å². The van der Waals surface area contributed by atoms with Crippen molar-refractivity contribution in [1.29, 1.82) is 5.41 Å². The molecule has 0 radical (unpaired) electrons. The third-order valence-electron chi connectivity index (χ3n) is 6.55. The van der Waals surface area contributed by atoms with E-state index in [-0.39, 0.29) is 29.7 Å². The summed E-state index contributed by atoms with van der Waals surface area (Å²) in [6, 6.07) is 14.4. The predicted molar refractivity (Wildman–Crippen MR) is 151 cm³/mol. The fourth-order valence-electron chi connectivity index (χ4n) is 4.44. The molecule has 0 spiro atoms. The molecule has 4 aromatic rings. The first-order valence-corrected chi connectivity index (χ1v) is 13.0. The Bertz CT molecular complexity index is 1600. The average Bonchev–Trinajstić information content (AvgIpc) is 3.69. The number of nitrogens with zero attached hydrogens (tertiary/aromatic N) is 2. The van der Waals surface area contributed by atoms with Gasteiger partial charge in [0, 0.05) is 42.2 Å². The zero-order valence-corrected chi connectivity index (χ0v) is 22.5. The molecule has 11 heteroatoms. The molecule has 2 aromatic heterocycles. The van der Waals surface area contributed by atoms with Gasteiger partial charge in [0.25, 0.3) is 5.91 Å². The first kappa shape index (κ1) is 27.6. The van der Waals surface area contributed by atoms with Crippen LogP contribution in [0.15, 0.2) is 67.1 Å². The molecule has 0 bridgehead atoms. The summed E-state index contributed by atoms with van der Waals surface area (Å²) in [4.78, 5) is 17.4. The molecular formula is C30H29F2N5O4. The number of halogens is 2. The summed E-state index contributed by atoms with van der Waals surface area (Å²) in [5.41, 5.74) is 3.56. The van der Waals surface area contributed by atoms with Crippen LogP contribution in [0.5, 0.6) is 17.2 Å². The Kier molecular flexibility index (Phi) is 8.14. The number of alkyl halides is 2.